The fourth-order valence-corrected chi connectivity index (χ4v) is 1.40. The van der Waals surface area contributed by atoms with Crippen LogP contribution in [0.15, 0.2) is 36.7 Å². The van der Waals surface area contributed by atoms with E-state index in [9.17, 15) is 14.0 Å². The second-order valence-electron chi connectivity index (χ2n) is 3.49. The summed E-state index contributed by atoms with van der Waals surface area (Å²) >= 11 is 0. The van der Waals surface area contributed by atoms with Crippen molar-refractivity contribution in [1.82, 2.24) is 9.97 Å². The summed E-state index contributed by atoms with van der Waals surface area (Å²) in [4.78, 5) is 29.9. The summed E-state index contributed by atoms with van der Waals surface area (Å²) in [6.07, 6.45) is 2.34. The summed E-state index contributed by atoms with van der Waals surface area (Å²) in [5.74, 6) is -2.85. The molecule has 1 aromatic carbocycles. The predicted molar refractivity (Wildman–Crippen MR) is 63.3 cm³/mol. The number of para-hydroxylation sites is 1. The first-order valence-corrected chi connectivity index (χ1v) is 5.20. The van der Waals surface area contributed by atoms with Gasteiger partial charge in [-0.1, -0.05) is 12.1 Å². The molecule has 2 N–H and O–H groups in total. The second kappa shape index (κ2) is 5.21. The number of anilines is 1. The van der Waals surface area contributed by atoms with Gasteiger partial charge in [-0.05, 0) is 12.1 Å². The van der Waals surface area contributed by atoms with Crippen molar-refractivity contribution in [2.45, 2.75) is 0 Å². The predicted octanol–water partition coefficient (Wildman–Crippen LogP) is 1.57. The second-order valence-corrected chi connectivity index (χ2v) is 3.49. The number of rotatable bonds is 3. The topological polar surface area (TPSA) is 92.2 Å². The van der Waals surface area contributed by atoms with Crippen LogP contribution in [-0.2, 0) is 0 Å². The lowest BCUT2D eigenvalue weighted by atomic mass is 10.2. The van der Waals surface area contributed by atoms with E-state index in [1.54, 1.807) is 0 Å². The number of carboxylic acid groups (broad SMARTS) is 1. The van der Waals surface area contributed by atoms with Crippen LogP contribution in [0.5, 0.6) is 0 Å². The molecule has 0 bridgehead atoms. The molecular formula is C12H8FN3O3. The van der Waals surface area contributed by atoms with Gasteiger partial charge in [0.05, 0.1) is 5.69 Å². The Kier molecular flexibility index (Phi) is 3.46. The number of benzene rings is 1. The zero-order chi connectivity index (χ0) is 13.8. The molecule has 0 saturated heterocycles. The number of carbonyl (C=O) groups excluding carboxylic acids is 1. The van der Waals surface area contributed by atoms with Crippen LogP contribution >= 0.6 is 0 Å². The van der Waals surface area contributed by atoms with Gasteiger partial charge < -0.3 is 10.4 Å². The lowest BCUT2D eigenvalue weighted by molar-refractivity contribution is 0.0685. The SMILES string of the molecule is O=C(O)c1nccnc1C(=O)Nc1ccccc1F. The van der Waals surface area contributed by atoms with Gasteiger partial charge in [0.2, 0.25) is 0 Å². The van der Waals surface area contributed by atoms with Crippen LogP contribution in [0.25, 0.3) is 0 Å². The number of carboxylic acids is 1. The fourth-order valence-electron chi connectivity index (χ4n) is 1.40. The number of aromatic carboxylic acids is 1. The number of hydrogen-bond donors (Lipinski definition) is 2. The molecule has 0 atom stereocenters. The minimum absolute atomic E-state index is 0.0607. The molecule has 2 aromatic rings. The number of amides is 1. The van der Waals surface area contributed by atoms with Gasteiger partial charge in [0.1, 0.15) is 5.82 Å². The lowest BCUT2D eigenvalue weighted by Crippen LogP contribution is -2.19. The Labute approximate surface area is 106 Å². The smallest absolute Gasteiger partial charge is 0.356 e. The minimum atomic E-state index is -1.38. The lowest BCUT2D eigenvalue weighted by Gasteiger charge is -2.06. The van der Waals surface area contributed by atoms with Gasteiger partial charge in [-0.2, -0.15) is 0 Å². The average Bonchev–Trinajstić information content (AvgIpc) is 2.41. The molecular weight excluding hydrogens is 253 g/mol. The highest BCUT2D eigenvalue weighted by atomic mass is 19.1. The molecule has 1 amide bonds. The van der Waals surface area contributed by atoms with Gasteiger partial charge >= 0.3 is 5.97 Å². The Morgan fingerprint density at radius 2 is 1.74 bits per heavy atom. The third-order valence-electron chi connectivity index (χ3n) is 2.24. The third-order valence-corrected chi connectivity index (χ3v) is 2.24. The minimum Gasteiger partial charge on any atom is -0.476 e. The third kappa shape index (κ3) is 2.71. The van der Waals surface area contributed by atoms with Crippen LogP contribution in [-0.4, -0.2) is 27.0 Å². The Balaban J connectivity index is 2.31. The van der Waals surface area contributed by atoms with Crippen LogP contribution in [0.4, 0.5) is 10.1 Å². The molecule has 7 heteroatoms. The maximum Gasteiger partial charge on any atom is 0.356 e. The molecule has 0 spiro atoms. The van der Waals surface area contributed by atoms with Crippen molar-refractivity contribution < 1.29 is 19.1 Å². The van der Waals surface area contributed by atoms with E-state index in [1.807, 2.05) is 0 Å². The maximum atomic E-state index is 13.4. The van der Waals surface area contributed by atoms with E-state index in [0.717, 1.165) is 6.20 Å². The molecule has 0 unspecified atom stereocenters. The monoisotopic (exact) mass is 261 g/mol. The van der Waals surface area contributed by atoms with E-state index in [1.165, 1.54) is 30.5 Å². The Bertz CT molecular complexity index is 646. The van der Waals surface area contributed by atoms with E-state index in [0.29, 0.717) is 0 Å². The van der Waals surface area contributed by atoms with Gasteiger partial charge in [0.15, 0.2) is 11.4 Å². The molecule has 0 aliphatic carbocycles. The highest BCUT2D eigenvalue weighted by Gasteiger charge is 2.20. The van der Waals surface area contributed by atoms with Gasteiger partial charge in [0.25, 0.3) is 5.91 Å². The maximum absolute atomic E-state index is 13.4. The first kappa shape index (κ1) is 12.6. The fraction of sp³-hybridized carbons (Fsp3) is 0. The number of carbonyl (C=O) groups is 2. The normalized spacial score (nSPS) is 9.95. The molecule has 6 nitrogen and oxygen atoms in total. The summed E-state index contributed by atoms with van der Waals surface area (Å²) < 4.78 is 13.4. The molecule has 2 rings (SSSR count). The first-order valence-electron chi connectivity index (χ1n) is 5.20. The Hall–Kier alpha value is -2.83. The average molecular weight is 261 g/mol. The van der Waals surface area contributed by atoms with Crippen LogP contribution < -0.4 is 5.32 Å². The molecule has 1 aromatic heterocycles. The van der Waals surface area contributed by atoms with Crippen molar-refractivity contribution in [3.63, 3.8) is 0 Å². The van der Waals surface area contributed by atoms with Gasteiger partial charge in [0, 0.05) is 12.4 Å². The zero-order valence-corrected chi connectivity index (χ0v) is 9.50. The van der Waals surface area contributed by atoms with Crippen molar-refractivity contribution in [3.05, 3.63) is 53.9 Å². The van der Waals surface area contributed by atoms with Crippen molar-refractivity contribution >= 4 is 17.6 Å². The highest BCUT2D eigenvalue weighted by molar-refractivity contribution is 6.08. The van der Waals surface area contributed by atoms with Gasteiger partial charge in [-0.25, -0.2) is 19.2 Å². The molecule has 0 fully saturated rings. The van der Waals surface area contributed by atoms with E-state index >= 15 is 0 Å². The molecule has 0 saturated carbocycles. The number of halogens is 1. The van der Waals surface area contributed by atoms with Crippen molar-refractivity contribution in [2.24, 2.45) is 0 Å². The number of aromatic nitrogens is 2. The highest BCUT2D eigenvalue weighted by Crippen LogP contribution is 2.14. The van der Waals surface area contributed by atoms with Crippen LogP contribution in [0.2, 0.25) is 0 Å². The molecule has 96 valence electrons. The van der Waals surface area contributed by atoms with Crippen molar-refractivity contribution in [2.75, 3.05) is 5.32 Å². The molecule has 19 heavy (non-hydrogen) atoms. The van der Waals surface area contributed by atoms with Crippen LogP contribution in [0, 0.1) is 5.82 Å². The van der Waals surface area contributed by atoms with Gasteiger partial charge in [-0.3, -0.25) is 4.79 Å². The summed E-state index contributed by atoms with van der Waals surface area (Å²) in [6, 6.07) is 5.53. The summed E-state index contributed by atoms with van der Waals surface area (Å²) in [7, 11) is 0. The van der Waals surface area contributed by atoms with Crippen LogP contribution in [0.1, 0.15) is 21.0 Å². The number of nitrogens with one attached hydrogen (secondary N) is 1. The summed E-state index contributed by atoms with van der Waals surface area (Å²) in [6.45, 7) is 0. The van der Waals surface area contributed by atoms with E-state index < -0.39 is 23.4 Å². The number of hydrogen-bond acceptors (Lipinski definition) is 4. The summed E-state index contributed by atoms with van der Waals surface area (Å²) in [5.41, 5.74) is -0.927. The molecule has 0 aliphatic heterocycles. The largest absolute Gasteiger partial charge is 0.476 e. The standard InChI is InChI=1S/C12H8FN3O3/c13-7-3-1-2-4-8(7)16-11(17)9-10(12(18)19)15-6-5-14-9/h1-6H,(H,16,17)(H,18,19). The zero-order valence-electron chi connectivity index (χ0n) is 9.50. The Morgan fingerprint density at radius 3 is 2.37 bits per heavy atom. The molecule has 1 heterocycles. The van der Waals surface area contributed by atoms with E-state index in [4.69, 9.17) is 5.11 Å². The van der Waals surface area contributed by atoms with Crippen molar-refractivity contribution in [3.8, 4) is 0 Å². The van der Waals surface area contributed by atoms with E-state index in [-0.39, 0.29) is 11.4 Å². The van der Waals surface area contributed by atoms with E-state index in [2.05, 4.69) is 15.3 Å². The summed E-state index contributed by atoms with van der Waals surface area (Å²) in [5, 5.41) is 11.1. The van der Waals surface area contributed by atoms with Gasteiger partial charge in [-0.15, -0.1) is 0 Å². The molecule has 0 radical (unpaired) electrons. The quantitative estimate of drug-likeness (QED) is 0.874. The first-order chi connectivity index (χ1) is 9.09. The Morgan fingerprint density at radius 1 is 1.11 bits per heavy atom. The van der Waals surface area contributed by atoms with Crippen LogP contribution in [0.3, 0.4) is 0 Å². The number of nitrogens with zero attached hydrogens (tertiary/aromatic N) is 2. The van der Waals surface area contributed by atoms with Crippen molar-refractivity contribution in [1.29, 1.82) is 0 Å². The molecule has 0 aliphatic rings.